The normalized spacial score (nSPS) is 12.4. The zero-order valence-electron chi connectivity index (χ0n) is 9.75. The van der Waals surface area contributed by atoms with E-state index in [2.05, 4.69) is 0 Å². The number of sulfone groups is 1. The van der Waals surface area contributed by atoms with Gasteiger partial charge in [0, 0.05) is 0 Å². The molecule has 0 amide bonds. The third kappa shape index (κ3) is 2.71. The van der Waals surface area contributed by atoms with Crippen molar-refractivity contribution >= 4 is 14.7 Å². The minimum atomic E-state index is -3.95. The Balaban J connectivity index is 2.52. The second-order valence-corrected chi connectivity index (χ2v) is 5.71. The number of halogens is 2. The van der Waals surface area contributed by atoms with Crippen LogP contribution in [0.5, 0.6) is 0 Å². The first kappa shape index (κ1) is 13.4. The average Bonchev–Trinajstić information content (AvgIpc) is 2.42. The van der Waals surface area contributed by atoms with Gasteiger partial charge in [-0.25, -0.2) is 17.2 Å². The van der Waals surface area contributed by atoms with Crippen molar-refractivity contribution in [2.45, 2.75) is 4.90 Å². The standard InChI is InChI=1S/C14H10F2O2S/c15-10-14(11-6-8-12(16)9-7-11)19(17,18)13-4-2-1-3-5-13/h1-10H/b14-10+. The maximum Gasteiger partial charge on any atom is 0.209 e. The number of rotatable bonds is 3. The van der Waals surface area contributed by atoms with Crippen molar-refractivity contribution < 1.29 is 17.2 Å². The zero-order chi connectivity index (χ0) is 13.9. The molecule has 0 spiro atoms. The van der Waals surface area contributed by atoms with E-state index < -0.39 is 20.6 Å². The van der Waals surface area contributed by atoms with E-state index in [0.717, 1.165) is 12.1 Å². The van der Waals surface area contributed by atoms with E-state index in [1.54, 1.807) is 18.2 Å². The van der Waals surface area contributed by atoms with Gasteiger partial charge in [-0.3, -0.25) is 0 Å². The smallest absolute Gasteiger partial charge is 0.209 e. The molecule has 0 atom stereocenters. The molecule has 0 aliphatic carbocycles. The monoisotopic (exact) mass is 280 g/mol. The van der Waals surface area contributed by atoms with Crippen LogP contribution in [0.15, 0.2) is 65.8 Å². The lowest BCUT2D eigenvalue weighted by Gasteiger charge is -2.08. The largest absolute Gasteiger partial charge is 0.218 e. The van der Waals surface area contributed by atoms with Crippen molar-refractivity contribution in [3.8, 4) is 0 Å². The number of benzene rings is 2. The van der Waals surface area contributed by atoms with Gasteiger partial charge in [0.15, 0.2) is 0 Å². The molecule has 0 saturated heterocycles. The third-order valence-corrected chi connectivity index (χ3v) is 4.37. The van der Waals surface area contributed by atoms with Gasteiger partial charge in [0.25, 0.3) is 0 Å². The fourth-order valence-electron chi connectivity index (χ4n) is 1.62. The van der Waals surface area contributed by atoms with Gasteiger partial charge in [-0.15, -0.1) is 0 Å². The predicted molar refractivity (Wildman–Crippen MR) is 69.1 cm³/mol. The molecule has 5 heteroatoms. The second kappa shape index (κ2) is 5.32. The highest BCUT2D eigenvalue weighted by Crippen LogP contribution is 2.28. The SMILES string of the molecule is O=S(=O)(/C(=C/F)c1ccc(F)cc1)c1ccccc1. The maximum absolute atomic E-state index is 13.0. The van der Waals surface area contributed by atoms with Crippen LogP contribution in [0.2, 0.25) is 0 Å². The van der Waals surface area contributed by atoms with E-state index in [4.69, 9.17) is 0 Å². The summed E-state index contributed by atoms with van der Waals surface area (Å²) in [7, 11) is -3.95. The van der Waals surface area contributed by atoms with Crippen LogP contribution in [0.1, 0.15) is 5.56 Å². The molecular weight excluding hydrogens is 270 g/mol. The minimum absolute atomic E-state index is 0.0109. The van der Waals surface area contributed by atoms with Gasteiger partial charge in [-0.1, -0.05) is 30.3 Å². The summed E-state index contributed by atoms with van der Waals surface area (Å²) in [6.07, 6.45) is 0.0234. The summed E-state index contributed by atoms with van der Waals surface area (Å²) in [5, 5.41) is 0. The van der Waals surface area contributed by atoms with Crippen LogP contribution in [0, 0.1) is 5.82 Å². The molecule has 0 aliphatic heterocycles. The first-order valence-electron chi connectivity index (χ1n) is 5.42. The molecule has 0 aliphatic rings. The van der Waals surface area contributed by atoms with Crippen molar-refractivity contribution in [1.29, 1.82) is 0 Å². The first-order chi connectivity index (χ1) is 9.05. The Morgan fingerprint density at radius 3 is 2.05 bits per heavy atom. The summed E-state index contributed by atoms with van der Waals surface area (Å²) in [5.41, 5.74) is 0.104. The molecule has 2 aromatic carbocycles. The van der Waals surface area contributed by atoms with Crippen molar-refractivity contribution in [3.63, 3.8) is 0 Å². The van der Waals surface area contributed by atoms with E-state index in [1.165, 1.54) is 24.3 Å². The molecule has 0 aromatic heterocycles. The maximum atomic E-state index is 13.0. The van der Waals surface area contributed by atoms with Crippen LogP contribution in [-0.2, 0) is 9.84 Å². The van der Waals surface area contributed by atoms with Gasteiger partial charge in [0.05, 0.1) is 4.90 Å². The highest BCUT2D eigenvalue weighted by Gasteiger charge is 2.22. The summed E-state index contributed by atoms with van der Waals surface area (Å²) in [4.78, 5) is -0.498. The Morgan fingerprint density at radius 1 is 0.947 bits per heavy atom. The summed E-state index contributed by atoms with van der Waals surface area (Å²) < 4.78 is 50.3. The van der Waals surface area contributed by atoms with Crippen LogP contribution < -0.4 is 0 Å². The lowest BCUT2D eigenvalue weighted by atomic mass is 10.2. The molecular formula is C14H10F2O2S. The van der Waals surface area contributed by atoms with Crippen LogP contribution in [0.25, 0.3) is 4.91 Å². The molecule has 0 unspecified atom stereocenters. The average molecular weight is 280 g/mol. The Hall–Kier alpha value is -2.01. The van der Waals surface area contributed by atoms with Crippen molar-refractivity contribution in [2.24, 2.45) is 0 Å². The Kier molecular flexibility index (Phi) is 3.76. The quantitative estimate of drug-likeness (QED) is 0.861. The molecule has 98 valence electrons. The predicted octanol–water partition coefficient (Wildman–Crippen LogP) is 3.57. The zero-order valence-corrected chi connectivity index (χ0v) is 10.6. The van der Waals surface area contributed by atoms with Crippen molar-refractivity contribution in [3.05, 3.63) is 72.3 Å². The third-order valence-electron chi connectivity index (χ3n) is 2.57. The van der Waals surface area contributed by atoms with Crippen LogP contribution in [-0.4, -0.2) is 8.42 Å². The van der Waals surface area contributed by atoms with E-state index in [0.29, 0.717) is 0 Å². The molecule has 0 fully saturated rings. The molecule has 19 heavy (non-hydrogen) atoms. The Morgan fingerprint density at radius 2 is 1.53 bits per heavy atom. The molecule has 0 bridgehead atoms. The van der Waals surface area contributed by atoms with Crippen molar-refractivity contribution in [1.82, 2.24) is 0 Å². The van der Waals surface area contributed by atoms with E-state index >= 15 is 0 Å². The summed E-state index contributed by atoms with van der Waals surface area (Å²) in [5.74, 6) is -0.515. The molecule has 0 N–H and O–H groups in total. The van der Waals surface area contributed by atoms with Gasteiger partial charge < -0.3 is 0 Å². The van der Waals surface area contributed by atoms with E-state index in [9.17, 15) is 17.2 Å². The van der Waals surface area contributed by atoms with Crippen LogP contribution in [0.3, 0.4) is 0 Å². The highest BCUT2D eigenvalue weighted by molar-refractivity contribution is 8.00. The van der Waals surface area contributed by atoms with E-state index in [1.807, 2.05) is 0 Å². The second-order valence-electron chi connectivity index (χ2n) is 3.80. The van der Waals surface area contributed by atoms with Gasteiger partial charge in [-0.05, 0) is 29.8 Å². The van der Waals surface area contributed by atoms with Gasteiger partial charge >= 0.3 is 0 Å². The number of hydrogen-bond acceptors (Lipinski definition) is 2. The first-order valence-corrected chi connectivity index (χ1v) is 6.90. The summed E-state index contributed by atoms with van der Waals surface area (Å²) in [6.45, 7) is 0. The lowest BCUT2D eigenvalue weighted by molar-refractivity contribution is 0.604. The summed E-state index contributed by atoms with van der Waals surface area (Å²) in [6, 6.07) is 12.1. The highest BCUT2D eigenvalue weighted by atomic mass is 32.2. The fraction of sp³-hybridized carbons (Fsp3) is 0. The van der Waals surface area contributed by atoms with Crippen LogP contribution >= 0.6 is 0 Å². The topological polar surface area (TPSA) is 34.1 Å². The van der Waals surface area contributed by atoms with Gasteiger partial charge in [-0.2, -0.15) is 0 Å². The molecule has 0 radical (unpaired) electrons. The van der Waals surface area contributed by atoms with Crippen LogP contribution in [0.4, 0.5) is 8.78 Å². The lowest BCUT2D eigenvalue weighted by Crippen LogP contribution is -2.03. The molecule has 2 aromatic rings. The summed E-state index contributed by atoms with van der Waals surface area (Å²) >= 11 is 0. The Labute approximate surface area is 109 Å². The van der Waals surface area contributed by atoms with E-state index in [-0.39, 0.29) is 16.8 Å². The molecule has 0 saturated carbocycles. The van der Waals surface area contributed by atoms with Crippen molar-refractivity contribution in [2.75, 3.05) is 0 Å². The van der Waals surface area contributed by atoms with Gasteiger partial charge in [0.1, 0.15) is 17.1 Å². The molecule has 2 rings (SSSR count). The molecule has 2 nitrogen and oxygen atoms in total. The number of hydrogen-bond donors (Lipinski definition) is 0. The van der Waals surface area contributed by atoms with Gasteiger partial charge in [0.2, 0.25) is 9.84 Å². The fourth-order valence-corrected chi connectivity index (χ4v) is 2.95. The molecule has 0 heterocycles. The Bertz CT molecular complexity index is 690. The minimum Gasteiger partial charge on any atom is -0.218 e.